The lowest BCUT2D eigenvalue weighted by atomic mass is 9.95. The van der Waals surface area contributed by atoms with Gasteiger partial charge in [0.1, 0.15) is 6.04 Å². The topological polar surface area (TPSA) is 49.4 Å². The Kier molecular flexibility index (Phi) is 7.92. The third-order valence-corrected chi connectivity index (χ3v) is 6.26. The van der Waals surface area contributed by atoms with Crippen LogP contribution in [0.1, 0.15) is 55.7 Å². The van der Waals surface area contributed by atoms with E-state index >= 15 is 0 Å². The number of benzene rings is 2. The van der Waals surface area contributed by atoms with Gasteiger partial charge in [0.15, 0.2) is 0 Å². The molecular formula is C25H31ClN2O2. The molecule has 0 spiro atoms. The van der Waals surface area contributed by atoms with E-state index in [1.807, 2.05) is 56.3 Å². The fraction of sp³-hybridized carbons (Fsp3) is 0.440. The number of halogens is 1. The molecule has 3 rings (SSSR count). The van der Waals surface area contributed by atoms with Crippen LogP contribution in [-0.2, 0) is 22.6 Å². The molecule has 2 aromatic rings. The molecule has 0 unspecified atom stereocenters. The standard InChI is InChI=1S/C25H31ClN2O2/c1-18-12-14-20(15-13-18)17-28(24(29)16-21-8-6-7-11-23(21)26)19(2)25(30)27-22-9-4-3-5-10-22/h6-8,11-15,19,22H,3-5,9-10,16-17H2,1-2H3,(H,27,30)/t19-/m0/s1. The van der Waals surface area contributed by atoms with Gasteiger partial charge in [-0.05, 0) is 43.9 Å². The van der Waals surface area contributed by atoms with Crippen LogP contribution in [0.5, 0.6) is 0 Å². The summed E-state index contributed by atoms with van der Waals surface area (Å²) in [6.07, 6.45) is 5.74. The molecular weight excluding hydrogens is 396 g/mol. The number of carbonyl (C=O) groups excluding carboxylic acids is 2. The van der Waals surface area contributed by atoms with E-state index in [1.165, 1.54) is 6.42 Å². The van der Waals surface area contributed by atoms with E-state index in [2.05, 4.69) is 5.32 Å². The summed E-state index contributed by atoms with van der Waals surface area (Å²) < 4.78 is 0. The van der Waals surface area contributed by atoms with Crippen molar-refractivity contribution in [1.29, 1.82) is 0 Å². The highest BCUT2D eigenvalue weighted by Gasteiger charge is 2.28. The van der Waals surface area contributed by atoms with E-state index in [-0.39, 0.29) is 24.3 Å². The number of carbonyl (C=O) groups is 2. The number of rotatable bonds is 7. The molecule has 5 heteroatoms. The van der Waals surface area contributed by atoms with E-state index in [0.29, 0.717) is 11.6 Å². The second kappa shape index (κ2) is 10.6. The number of nitrogens with one attached hydrogen (secondary N) is 1. The van der Waals surface area contributed by atoms with Crippen molar-refractivity contribution < 1.29 is 9.59 Å². The van der Waals surface area contributed by atoms with Gasteiger partial charge in [-0.2, -0.15) is 0 Å². The van der Waals surface area contributed by atoms with Gasteiger partial charge >= 0.3 is 0 Å². The maximum Gasteiger partial charge on any atom is 0.242 e. The van der Waals surface area contributed by atoms with Gasteiger partial charge in [-0.3, -0.25) is 9.59 Å². The molecule has 0 heterocycles. The van der Waals surface area contributed by atoms with Crippen LogP contribution in [0.25, 0.3) is 0 Å². The van der Waals surface area contributed by atoms with E-state index in [9.17, 15) is 9.59 Å². The second-order valence-corrected chi connectivity index (χ2v) is 8.70. The van der Waals surface area contributed by atoms with Crippen LogP contribution < -0.4 is 5.32 Å². The molecule has 1 aliphatic carbocycles. The molecule has 30 heavy (non-hydrogen) atoms. The van der Waals surface area contributed by atoms with Crippen molar-refractivity contribution in [3.8, 4) is 0 Å². The zero-order valence-corrected chi connectivity index (χ0v) is 18.6. The van der Waals surface area contributed by atoms with Crippen LogP contribution in [0.4, 0.5) is 0 Å². The first-order valence-corrected chi connectivity index (χ1v) is 11.2. The van der Waals surface area contributed by atoms with Crippen LogP contribution in [-0.4, -0.2) is 28.8 Å². The minimum atomic E-state index is -0.553. The molecule has 1 fully saturated rings. The Hall–Kier alpha value is -2.33. The molecule has 0 aliphatic heterocycles. The summed E-state index contributed by atoms with van der Waals surface area (Å²) in [4.78, 5) is 27.9. The minimum absolute atomic E-state index is 0.0819. The van der Waals surface area contributed by atoms with Crippen LogP contribution in [0, 0.1) is 6.92 Å². The Balaban J connectivity index is 1.76. The number of nitrogens with zero attached hydrogens (tertiary/aromatic N) is 1. The summed E-state index contributed by atoms with van der Waals surface area (Å²) in [6.45, 7) is 4.24. The van der Waals surface area contributed by atoms with Crippen LogP contribution in [0.15, 0.2) is 48.5 Å². The monoisotopic (exact) mass is 426 g/mol. The Morgan fingerprint density at radius 1 is 1.07 bits per heavy atom. The summed E-state index contributed by atoms with van der Waals surface area (Å²) in [7, 11) is 0. The van der Waals surface area contributed by atoms with Crippen LogP contribution >= 0.6 is 11.6 Å². The summed E-state index contributed by atoms with van der Waals surface area (Å²) in [5.41, 5.74) is 2.94. The van der Waals surface area contributed by atoms with Gasteiger partial charge in [0.2, 0.25) is 11.8 Å². The SMILES string of the molecule is Cc1ccc(CN(C(=O)Cc2ccccc2Cl)[C@@H](C)C(=O)NC2CCCCC2)cc1. The molecule has 0 radical (unpaired) electrons. The molecule has 2 amide bonds. The fourth-order valence-electron chi connectivity index (χ4n) is 3.95. The van der Waals surface area contributed by atoms with Crippen molar-refractivity contribution >= 4 is 23.4 Å². The van der Waals surface area contributed by atoms with E-state index in [4.69, 9.17) is 11.6 Å². The average molecular weight is 427 g/mol. The molecule has 2 aromatic carbocycles. The van der Waals surface area contributed by atoms with Crippen LogP contribution in [0.2, 0.25) is 5.02 Å². The Morgan fingerprint density at radius 2 is 1.73 bits per heavy atom. The highest BCUT2D eigenvalue weighted by Crippen LogP contribution is 2.20. The smallest absolute Gasteiger partial charge is 0.242 e. The zero-order valence-electron chi connectivity index (χ0n) is 17.9. The molecule has 1 aliphatic rings. The van der Waals surface area contributed by atoms with Crippen molar-refractivity contribution in [1.82, 2.24) is 10.2 Å². The van der Waals surface area contributed by atoms with E-state index in [1.54, 1.807) is 11.0 Å². The summed E-state index contributed by atoms with van der Waals surface area (Å²) in [5.74, 6) is -0.184. The largest absolute Gasteiger partial charge is 0.352 e. The quantitative estimate of drug-likeness (QED) is 0.672. The van der Waals surface area contributed by atoms with Crippen molar-refractivity contribution in [2.75, 3.05) is 0 Å². The van der Waals surface area contributed by atoms with Gasteiger partial charge in [-0.25, -0.2) is 0 Å². The van der Waals surface area contributed by atoms with Gasteiger partial charge in [-0.15, -0.1) is 0 Å². The number of hydrogen-bond donors (Lipinski definition) is 1. The lowest BCUT2D eigenvalue weighted by molar-refractivity contribution is -0.140. The highest BCUT2D eigenvalue weighted by molar-refractivity contribution is 6.31. The zero-order chi connectivity index (χ0) is 21.5. The Morgan fingerprint density at radius 3 is 2.40 bits per heavy atom. The predicted molar refractivity (Wildman–Crippen MR) is 121 cm³/mol. The molecule has 0 aromatic heterocycles. The summed E-state index contributed by atoms with van der Waals surface area (Å²) in [6, 6.07) is 15.1. The summed E-state index contributed by atoms with van der Waals surface area (Å²) in [5, 5.41) is 3.74. The van der Waals surface area contributed by atoms with Crippen molar-refractivity contribution in [3.05, 3.63) is 70.2 Å². The van der Waals surface area contributed by atoms with Gasteiger partial charge in [0.25, 0.3) is 0 Å². The van der Waals surface area contributed by atoms with Gasteiger partial charge in [0.05, 0.1) is 6.42 Å². The van der Waals surface area contributed by atoms with Crippen molar-refractivity contribution in [2.45, 2.75) is 71.0 Å². The van der Waals surface area contributed by atoms with Gasteiger partial charge < -0.3 is 10.2 Å². The third-order valence-electron chi connectivity index (χ3n) is 5.89. The van der Waals surface area contributed by atoms with Gasteiger partial charge in [0, 0.05) is 17.6 Å². The average Bonchev–Trinajstić information content (AvgIpc) is 2.75. The molecule has 1 saturated carbocycles. The first kappa shape index (κ1) is 22.4. The van der Waals surface area contributed by atoms with E-state index < -0.39 is 6.04 Å². The fourth-order valence-corrected chi connectivity index (χ4v) is 4.15. The van der Waals surface area contributed by atoms with E-state index in [0.717, 1.165) is 42.4 Å². The first-order chi connectivity index (χ1) is 14.4. The normalized spacial score (nSPS) is 15.4. The molecule has 4 nitrogen and oxygen atoms in total. The number of amides is 2. The maximum absolute atomic E-state index is 13.3. The molecule has 160 valence electrons. The number of hydrogen-bond acceptors (Lipinski definition) is 2. The Bertz CT molecular complexity index is 860. The Labute approximate surface area is 184 Å². The summed E-state index contributed by atoms with van der Waals surface area (Å²) >= 11 is 6.27. The molecule has 0 saturated heterocycles. The van der Waals surface area contributed by atoms with Gasteiger partial charge in [-0.1, -0.05) is 78.9 Å². The van der Waals surface area contributed by atoms with Crippen molar-refractivity contribution in [2.24, 2.45) is 0 Å². The lowest BCUT2D eigenvalue weighted by Gasteiger charge is -2.31. The highest BCUT2D eigenvalue weighted by atomic mass is 35.5. The molecule has 1 atom stereocenters. The second-order valence-electron chi connectivity index (χ2n) is 8.29. The minimum Gasteiger partial charge on any atom is -0.352 e. The third kappa shape index (κ3) is 6.09. The predicted octanol–water partition coefficient (Wildman–Crippen LogP) is 5.06. The maximum atomic E-state index is 13.3. The first-order valence-electron chi connectivity index (χ1n) is 10.8. The number of aryl methyl sites for hydroxylation is 1. The molecule has 1 N–H and O–H groups in total. The van der Waals surface area contributed by atoms with Crippen LogP contribution in [0.3, 0.4) is 0 Å². The lowest BCUT2D eigenvalue weighted by Crippen LogP contribution is -2.50. The van der Waals surface area contributed by atoms with Crippen molar-refractivity contribution in [3.63, 3.8) is 0 Å². The molecule has 0 bridgehead atoms.